The lowest BCUT2D eigenvalue weighted by Crippen LogP contribution is -2.44. The molecular weight excluding hydrogens is 256 g/mol. The second-order valence-corrected chi connectivity index (χ2v) is 5.50. The van der Waals surface area contributed by atoms with Crippen LogP contribution in [0.4, 0.5) is 0 Å². The van der Waals surface area contributed by atoms with E-state index in [-0.39, 0.29) is 17.9 Å². The summed E-state index contributed by atoms with van der Waals surface area (Å²) in [7, 11) is 1.65. The van der Waals surface area contributed by atoms with Crippen molar-refractivity contribution in [2.24, 2.45) is 5.92 Å². The zero-order chi connectivity index (χ0) is 14.4. The first-order chi connectivity index (χ1) is 9.69. The number of amides is 1. The topological polar surface area (TPSA) is 70.2 Å². The SMILES string of the molecule is COCC(C)NC(=O)C1CCN(Cc2ccn[nH]2)CC1. The van der Waals surface area contributed by atoms with E-state index in [1.54, 1.807) is 13.3 Å². The number of hydrogen-bond acceptors (Lipinski definition) is 4. The lowest BCUT2D eigenvalue weighted by atomic mass is 9.95. The van der Waals surface area contributed by atoms with Gasteiger partial charge in [0.25, 0.3) is 0 Å². The lowest BCUT2D eigenvalue weighted by Gasteiger charge is -2.31. The van der Waals surface area contributed by atoms with Gasteiger partial charge in [-0.05, 0) is 38.9 Å². The Morgan fingerprint density at radius 3 is 2.95 bits per heavy atom. The van der Waals surface area contributed by atoms with E-state index < -0.39 is 0 Å². The van der Waals surface area contributed by atoms with E-state index in [2.05, 4.69) is 20.4 Å². The van der Waals surface area contributed by atoms with Crippen molar-refractivity contribution in [1.29, 1.82) is 0 Å². The minimum Gasteiger partial charge on any atom is -0.383 e. The quantitative estimate of drug-likeness (QED) is 0.807. The van der Waals surface area contributed by atoms with E-state index in [0.29, 0.717) is 6.61 Å². The third-order valence-corrected chi connectivity index (χ3v) is 3.72. The maximum absolute atomic E-state index is 12.1. The fourth-order valence-corrected chi connectivity index (χ4v) is 2.62. The maximum Gasteiger partial charge on any atom is 0.223 e. The molecule has 1 aliphatic rings. The Morgan fingerprint density at radius 2 is 2.35 bits per heavy atom. The van der Waals surface area contributed by atoms with Crippen LogP contribution in [0, 0.1) is 5.92 Å². The molecule has 6 heteroatoms. The molecule has 1 aromatic heterocycles. The molecule has 1 amide bonds. The number of aromatic nitrogens is 2. The standard InChI is InChI=1S/C14H24N4O2/c1-11(10-20-2)16-14(19)12-4-7-18(8-5-12)9-13-3-6-15-17-13/h3,6,11-12H,4-5,7-10H2,1-2H3,(H,15,17)(H,16,19). The molecule has 1 aliphatic heterocycles. The Hall–Kier alpha value is -1.40. The van der Waals surface area contributed by atoms with Crippen molar-refractivity contribution in [3.8, 4) is 0 Å². The number of nitrogens with one attached hydrogen (secondary N) is 2. The van der Waals surface area contributed by atoms with Gasteiger partial charge in [-0.3, -0.25) is 14.8 Å². The first-order valence-corrected chi connectivity index (χ1v) is 7.19. The molecule has 112 valence electrons. The Bertz CT molecular complexity index is 399. The molecule has 1 aromatic rings. The molecule has 1 atom stereocenters. The predicted octanol–water partition coefficient (Wildman–Crippen LogP) is 0.773. The van der Waals surface area contributed by atoms with Crippen LogP contribution < -0.4 is 5.32 Å². The summed E-state index contributed by atoms with van der Waals surface area (Å²) in [5.41, 5.74) is 1.13. The van der Waals surface area contributed by atoms with Crippen LogP contribution in [0.25, 0.3) is 0 Å². The van der Waals surface area contributed by atoms with E-state index >= 15 is 0 Å². The number of piperidine rings is 1. The van der Waals surface area contributed by atoms with Gasteiger partial charge in [-0.1, -0.05) is 0 Å². The molecule has 0 aromatic carbocycles. The number of hydrogen-bond donors (Lipinski definition) is 2. The molecular formula is C14H24N4O2. The number of rotatable bonds is 6. The summed E-state index contributed by atoms with van der Waals surface area (Å²) in [6, 6.07) is 2.07. The summed E-state index contributed by atoms with van der Waals surface area (Å²) < 4.78 is 5.04. The second kappa shape index (κ2) is 7.40. The molecule has 6 nitrogen and oxygen atoms in total. The van der Waals surface area contributed by atoms with Crippen LogP contribution in [-0.2, 0) is 16.1 Å². The highest BCUT2D eigenvalue weighted by atomic mass is 16.5. The molecule has 0 aliphatic carbocycles. The van der Waals surface area contributed by atoms with Crippen LogP contribution in [0.5, 0.6) is 0 Å². The van der Waals surface area contributed by atoms with Crippen LogP contribution in [-0.4, -0.2) is 53.9 Å². The van der Waals surface area contributed by atoms with Crippen molar-refractivity contribution in [2.45, 2.75) is 32.4 Å². The molecule has 2 heterocycles. The maximum atomic E-state index is 12.1. The van der Waals surface area contributed by atoms with Gasteiger partial charge in [-0.2, -0.15) is 5.10 Å². The zero-order valence-corrected chi connectivity index (χ0v) is 12.3. The number of H-pyrrole nitrogens is 1. The highest BCUT2D eigenvalue weighted by Crippen LogP contribution is 2.18. The molecule has 1 saturated heterocycles. The summed E-state index contributed by atoms with van der Waals surface area (Å²) in [4.78, 5) is 14.5. The Balaban J connectivity index is 1.72. The van der Waals surface area contributed by atoms with Crippen molar-refractivity contribution in [3.63, 3.8) is 0 Å². The molecule has 20 heavy (non-hydrogen) atoms. The van der Waals surface area contributed by atoms with Gasteiger partial charge in [0.05, 0.1) is 6.61 Å². The van der Waals surface area contributed by atoms with E-state index in [0.717, 1.165) is 38.2 Å². The smallest absolute Gasteiger partial charge is 0.223 e. The van der Waals surface area contributed by atoms with E-state index in [1.165, 1.54) is 0 Å². The van der Waals surface area contributed by atoms with Crippen molar-refractivity contribution < 1.29 is 9.53 Å². The number of methoxy groups -OCH3 is 1. The van der Waals surface area contributed by atoms with E-state index in [9.17, 15) is 4.79 Å². The monoisotopic (exact) mass is 280 g/mol. The number of nitrogens with zero attached hydrogens (tertiary/aromatic N) is 2. The van der Waals surface area contributed by atoms with Crippen LogP contribution in [0.15, 0.2) is 12.3 Å². The molecule has 0 radical (unpaired) electrons. The summed E-state index contributed by atoms with van der Waals surface area (Å²) >= 11 is 0. The molecule has 0 bridgehead atoms. The predicted molar refractivity (Wildman–Crippen MR) is 76.1 cm³/mol. The zero-order valence-electron chi connectivity index (χ0n) is 12.3. The van der Waals surface area contributed by atoms with Gasteiger partial charge in [-0.25, -0.2) is 0 Å². The number of carbonyl (C=O) groups is 1. The molecule has 1 fully saturated rings. The number of carbonyl (C=O) groups excluding carboxylic acids is 1. The Kier molecular flexibility index (Phi) is 5.55. The summed E-state index contributed by atoms with van der Waals surface area (Å²) in [5.74, 6) is 0.295. The minimum absolute atomic E-state index is 0.0792. The molecule has 0 saturated carbocycles. The van der Waals surface area contributed by atoms with Crippen LogP contribution >= 0.6 is 0 Å². The van der Waals surface area contributed by atoms with Gasteiger partial charge in [0.15, 0.2) is 0 Å². The number of aromatic amines is 1. The molecule has 2 rings (SSSR count). The fourth-order valence-electron chi connectivity index (χ4n) is 2.62. The van der Waals surface area contributed by atoms with Gasteiger partial charge >= 0.3 is 0 Å². The van der Waals surface area contributed by atoms with Crippen LogP contribution in [0.2, 0.25) is 0 Å². The molecule has 1 unspecified atom stereocenters. The average Bonchev–Trinajstić information content (AvgIpc) is 2.92. The summed E-state index contributed by atoms with van der Waals surface area (Å²) in [6.45, 7) is 5.32. The third-order valence-electron chi connectivity index (χ3n) is 3.72. The van der Waals surface area contributed by atoms with Crippen molar-refractivity contribution in [3.05, 3.63) is 18.0 Å². The van der Waals surface area contributed by atoms with Crippen molar-refractivity contribution >= 4 is 5.91 Å². The van der Waals surface area contributed by atoms with Crippen molar-refractivity contribution in [1.82, 2.24) is 20.4 Å². The largest absolute Gasteiger partial charge is 0.383 e. The van der Waals surface area contributed by atoms with E-state index in [1.807, 2.05) is 13.0 Å². The highest BCUT2D eigenvalue weighted by molar-refractivity contribution is 5.79. The van der Waals surface area contributed by atoms with Gasteiger partial charge in [0.1, 0.15) is 0 Å². The Morgan fingerprint density at radius 1 is 1.60 bits per heavy atom. The highest BCUT2D eigenvalue weighted by Gasteiger charge is 2.25. The van der Waals surface area contributed by atoms with Gasteiger partial charge in [0.2, 0.25) is 5.91 Å². The fraction of sp³-hybridized carbons (Fsp3) is 0.714. The van der Waals surface area contributed by atoms with Crippen LogP contribution in [0.3, 0.4) is 0 Å². The summed E-state index contributed by atoms with van der Waals surface area (Å²) in [5, 5.41) is 9.94. The van der Waals surface area contributed by atoms with E-state index in [4.69, 9.17) is 4.74 Å². The first kappa shape index (κ1) is 15.0. The Labute approximate surface area is 119 Å². The number of ether oxygens (including phenoxy) is 1. The minimum atomic E-state index is 0.0792. The van der Waals surface area contributed by atoms with Crippen molar-refractivity contribution in [2.75, 3.05) is 26.8 Å². The van der Waals surface area contributed by atoms with Crippen LogP contribution in [0.1, 0.15) is 25.5 Å². The third kappa shape index (κ3) is 4.31. The number of likely N-dealkylation sites (tertiary alicyclic amines) is 1. The second-order valence-electron chi connectivity index (χ2n) is 5.50. The lowest BCUT2D eigenvalue weighted by molar-refractivity contribution is -0.127. The molecule has 2 N–H and O–H groups in total. The average molecular weight is 280 g/mol. The first-order valence-electron chi connectivity index (χ1n) is 7.19. The summed E-state index contributed by atoms with van der Waals surface area (Å²) in [6.07, 6.45) is 3.60. The normalized spacial score (nSPS) is 18.9. The van der Waals surface area contributed by atoms with Gasteiger partial charge in [-0.15, -0.1) is 0 Å². The molecule has 0 spiro atoms. The van der Waals surface area contributed by atoms with Gasteiger partial charge in [0, 0.05) is 37.5 Å². The van der Waals surface area contributed by atoms with Gasteiger partial charge < -0.3 is 10.1 Å².